The van der Waals surface area contributed by atoms with Crippen molar-refractivity contribution in [3.8, 4) is 0 Å². The number of hydrogen-bond acceptors (Lipinski definition) is 3. The van der Waals surface area contributed by atoms with E-state index in [1.54, 1.807) is 7.05 Å². The first kappa shape index (κ1) is 11.7. The van der Waals surface area contributed by atoms with Gasteiger partial charge in [0.25, 0.3) is 0 Å². The average Bonchev–Trinajstić information content (AvgIpc) is 2.22. The van der Waals surface area contributed by atoms with E-state index in [1.807, 2.05) is 24.3 Å². The van der Waals surface area contributed by atoms with Crippen molar-refractivity contribution < 1.29 is 9.90 Å². The molecule has 0 aliphatic carbocycles. The summed E-state index contributed by atoms with van der Waals surface area (Å²) in [6.07, 6.45) is 0.644. The lowest BCUT2D eigenvalue weighted by Crippen LogP contribution is -2.24. The van der Waals surface area contributed by atoms with Crippen LogP contribution in [0.15, 0.2) is 24.3 Å². The molecule has 0 unspecified atom stereocenters. The molecular weight excluding hydrogens is 192 g/mol. The minimum absolute atomic E-state index is 0.0626. The number of carbonyl (C=O) groups is 1. The zero-order chi connectivity index (χ0) is 11.1. The van der Waals surface area contributed by atoms with E-state index in [0.717, 1.165) is 11.3 Å². The zero-order valence-corrected chi connectivity index (χ0v) is 8.79. The van der Waals surface area contributed by atoms with Gasteiger partial charge in [-0.25, -0.2) is 0 Å². The third-order valence-electron chi connectivity index (χ3n) is 1.98. The third kappa shape index (κ3) is 4.10. The Morgan fingerprint density at radius 3 is 2.53 bits per heavy atom. The van der Waals surface area contributed by atoms with Gasteiger partial charge in [0.1, 0.15) is 0 Å². The SMILES string of the molecule is CNCC(=O)Nc1ccc(CCO)cc1. The average molecular weight is 208 g/mol. The van der Waals surface area contributed by atoms with Crippen LogP contribution in [0.4, 0.5) is 5.69 Å². The van der Waals surface area contributed by atoms with E-state index >= 15 is 0 Å². The number of benzene rings is 1. The number of amides is 1. The van der Waals surface area contributed by atoms with Crippen molar-refractivity contribution in [3.63, 3.8) is 0 Å². The summed E-state index contributed by atoms with van der Waals surface area (Å²) in [4.78, 5) is 11.2. The predicted molar refractivity (Wildman–Crippen MR) is 59.8 cm³/mol. The number of nitrogens with one attached hydrogen (secondary N) is 2. The molecule has 1 aromatic carbocycles. The van der Waals surface area contributed by atoms with E-state index in [-0.39, 0.29) is 12.5 Å². The monoisotopic (exact) mass is 208 g/mol. The van der Waals surface area contributed by atoms with Crippen LogP contribution >= 0.6 is 0 Å². The van der Waals surface area contributed by atoms with Gasteiger partial charge in [0, 0.05) is 12.3 Å². The number of likely N-dealkylation sites (N-methyl/N-ethyl adjacent to an activating group) is 1. The molecule has 0 atom stereocenters. The first-order valence-electron chi connectivity index (χ1n) is 4.90. The first-order chi connectivity index (χ1) is 7.26. The van der Waals surface area contributed by atoms with Crippen molar-refractivity contribution in [1.82, 2.24) is 5.32 Å². The molecule has 15 heavy (non-hydrogen) atoms. The molecule has 0 aromatic heterocycles. The normalized spacial score (nSPS) is 10.0. The van der Waals surface area contributed by atoms with Crippen molar-refractivity contribution in [1.29, 1.82) is 0 Å². The second-order valence-corrected chi connectivity index (χ2v) is 3.25. The van der Waals surface area contributed by atoms with Gasteiger partial charge in [-0.3, -0.25) is 4.79 Å². The summed E-state index contributed by atoms with van der Waals surface area (Å²) in [5.74, 6) is -0.0626. The maximum Gasteiger partial charge on any atom is 0.238 e. The van der Waals surface area contributed by atoms with Crippen molar-refractivity contribution in [3.05, 3.63) is 29.8 Å². The molecular formula is C11H16N2O2. The van der Waals surface area contributed by atoms with Gasteiger partial charge in [0.2, 0.25) is 5.91 Å². The fraction of sp³-hybridized carbons (Fsp3) is 0.364. The highest BCUT2D eigenvalue weighted by Gasteiger charge is 1.99. The van der Waals surface area contributed by atoms with E-state index in [2.05, 4.69) is 10.6 Å². The number of anilines is 1. The lowest BCUT2D eigenvalue weighted by atomic mass is 10.1. The summed E-state index contributed by atoms with van der Waals surface area (Å²) in [6.45, 7) is 0.448. The summed E-state index contributed by atoms with van der Waals surface area (Å²) in [7, 11) is 1.73. The predicted octanol–water partition coefficient (Wildman–Crippen LogP) is 0.379. The van der Waals surface area contributed by atoms with E-state index in [4.69, 9.17) is 5.11 Å². The van der Waals surface area contributed by atoms with Crippen molar-refractivity contribution in [2.24, 2.45) is 0 Å². The standard InChI is InChI=1S/C11H16N2O2/c1-12-8-11(15)13-10-4-2-9(3-5-10)6-7-14/h2-5,12,14H,6-8H2,1H3,(H,13,15). The van der Waals surface area contributed by atoms with Crippen LogP contribution in [0.5, 0.6) is 0 Å². The second kappa shape index (κ2) is 6.16. The van der Waals surface area contributed by atoms with Crippen LogP contribution in [-0.4, -0.2) is 31.2 Å². The summed E-state index contributed by atoms with van der Waals surface area (Å²) < 4.78 is 0. The van der Waals surface area contributed by atoms with Crippen LogP contribution in [0.2, 0.25) is 0 Å². The minimum atomic E-state index is -0.0626. The molecule has 0 aliphatic heterocycles. The van der Waals surface area contributed by atoms with Crippen molar-refractivity contribution in [2.75, 3.05) is 25.5 Å². The zero-order valence-electron chi connectivity index (χ0n) is 8.79. The van der Waals surface area contributed by atoms with E-state index < -0.39 is 0 Å². The number of carbonyl (C=O) groups excluding carboxylic acids is 1. The lowest BCUT2D eigenvalue weighted by molar-refractivity contribution is -0.115. The number of hydrogen-bond donors (Lipinski definition) is 3. The topological polar surface area (TPSA) is 61.4 Å². The highest BCUT2D eigenvalue weighted by Crippen LogP contribution is 2.09. The molecule has 0 saturated heterocycles. The molecule has 0 spiro atoms. The van der Waals surface area contributed by atoms with Gasteiger partial charge in [-0.2, -0.15) is 0 Å². The maximum absolute atomic E-state index is 11.2. The third-order valence-corrected chi connectivity index (χ3v) is 1.98. The molecule has 0 saturated carbocycles. The molecule has 1 amide bonds. The highest BCUT2D eigenvalue weighted by molar-refractivity contribution is 5.92. The summed E-state index contributed by atoms with van der Waals surface area (Å²) in [5, 5.41) is 14.2. The highest BCUT2D eigenvalue weighted by atomic mass is 16.2. The molecule has 0 bridgehead atoms. The Morgan fingerprint density at radius 1 is 1.33 bits per heavy atom. The molecule has 4 nitrogen and oxygen atoms in total. The van der Waals surface area contributed by atoms with Gasteiger partial charge in [0.05, 0.1) is 6.54 Å². The molecule has 0 heterocycles. The quantitative estimate of drug-likeness (QED) is 0.655. The van der Waals surface area contributed by atoms with E-state index in [9.17, 15) is 4.79 Å². The number of aliphatic hydroxyl groups is 1. The number of rotatable bonds is 5. The molecule has 0 fully saturated rings. The Bertz CT molecular complexity index is 309. The fourth-order valence-electron chi connectivity index (χ4n) is 1.25. The van der Waals surface area contributed by atoms with E-state index in [1.165, 1.54) is 0 Å². The van der Waals surface area contributed by atoms with Crippen LogP contribution in [0.25, 0.3) is 0 Å². The Balaban J connectivity index is 2.52. The van der Waals surface area contributed by atoms with Crippen molar-refractivity contribution >= 4 is 11.6 Å². The Hall–Kier alpha value is -1.39. The van der Waals surface area contributed by atoms with Gasteiger partial charge in [0.15, 0.2) is 0 Å². The summed E-state index contributed by atoms with van der Waals surface area (Å²) in [5.41, 5.74) is 1.83. The first-order valence-corrected chi connectivity index (χ1v) is 4.90. The van der Waals surface area contributed by atoms with Gasteiger partial charge < -0.3 is 15.7 Å². The summed E-state index contributed by atoms with van der Waals surface area (Å²) >= 11 is 0. The molecule has 4 heteroatoms. The van der Waals surface area contributed by atoms with Gasteiger partial charge >= 0.3 is 0 Å². The minimum Gasteiger partial charge on any atom is -0.396 e. The largest absolute Gasteiger partial charge is 0.396 e. The fourth-order valence-corrected chi connectivity index (χ4v) is 1.25. The Labute approximate surface area is 89.3 Å². The Morgan fingerprint density at radius 2 is 2.00 bits per heavy atom. The van der Waals surface area contributed by atoms with Crippen LogP contribution in [0.3, 0.4) is 0 Å². The van der Waals surface area contributed by atoms with Gasteiger partial charge in [-0.15, -0.1) is 0 Å². The van der Waals surface area contributed by atoms with Crippen LogP contribution < -0.4 is 10.6 Å². The van der Waals surface area contributed by atoms with Crippen LogP contribution in [0.1, 0.15) is 5.56 Å². The molecule has 1 aromatic rings. The van der Waals surface area contributed by atoms with E-state index in [0.29, 0.717) is 13.0 Å². The molecule has 1 rings (SSSR count). The van der Waals surface area contributed by atoms with Crippen molar-refractivity contribution in [2.45, 2.75) is 6.42 Å². The van der Waals surface area contributed by atoms with Gasteiger partial charge in [-0.1, -0.05) is 12.1 Å². The van der Waals surface area contributed by atoms with Crippen LogP contribution in [0, 0.1) is 0 Å². The molecule has 0 aliphatic rings. The molecule has 82 valence electrons. The number of aliphatic hydroxyl groups excluding tert-OH is 1. The van der Waals surface area contributed by atoms with Gasteiger partial charge in [-0.05, 0) is 31.2 Å². The Kier molecular flexibility index (Phi) is 4.80. The maximum atomic E-state index is 11.2. The van der Waals surface area contributed by atoms with Crippen LogP contribution in [-0.2, 0) is 11.2 Å². The lowest BCUT2D eigenvalue weighted by Gasteiger charge is -2.05. The second-order valence-electron chi connectivity index (χ2n) is 3.25. The smallest absolute Gasteiger partial charge is 0.238 e. The summed E-state index contributed by atoms with van der Waals surface area (Å²) in [6, 6.07) is 7.45. The molecule has 3 N–H and O–H groups in total. The molecule has 0 radical (unpaired) electrons.